The minimum atomic E-state index is -0.00197. The van der Waals surface area contributed by atoms with E-state index in [0.717, 1.165) is 24.0 Å². The third-order valence-electron chi connectivity index (χ3n) is 4.61. The fraction of sp³-hybridized carbons (Fsp3) is 0.500. The average molecular weight is 299 g/mol. The molecular weight excluding hydrogens is 274 g/mol. The standard InChI is InChI=1S/C18H25N3O/c1-13(2)21-9-5-6-14(12-21)11-19-18(22)17-10-15-7-3-4-8-16(15)20-17/h3-4,7-8,10,13-14,20H,5-6,9,11-12H2,1-2H3,(H,19,22)/t14-/m0/s1. The first kappa shape index (κ1) is 15.1. The van der Waals surface area contributed by atoms with E-state index in [1.807, 2.05) is 30.3 Å². The van der Waals surface area contributed by atoms with Gasteiger partial charge in [-0.05, 0) is 51.3 Å². The Morgan fingerprint density at radius 3 is 3.00 bits per heavy atom. The summed E-state index contributed by atoms with van der Waals surface area (Å²) in [5.41, 5.74) is 1.66. The highest BCUT2D eigenvalue weighted by molar-refractivity contribution is 5.97. The average Bonchev–Trinajstić information content (AvgIpc) is 2.97. The molecule has 1 amide bonds. The molecule has 0 radical (unpaired) electrons. The molecule has 3 rings (SSSR count). The molecule has 22 heavy (non-hydrogen) atoms. The number of amides is 1. The summed E-state index contributed by atoms with van der Waals surface area (Å²) in [5.74, 6) is 0.558. The van der Waals surface area contributed by atoms with E-state index < -0.39 is 0 Å². The molecule has 4 heteroatoms. The number of piperidine rings is 1. The molecular formula is C18H25N3O. The Labute approximate surface area is 131 Å². The zero-order chi connectivity index (χ0) is 15.5. The van der Waals surface area contributed by atoms with E-state index in [4.69, 9.17) is 0 Å². The van der Waals surface area contributed by atoms with Gasteiger partial charge in [-0.2, -0.15) is 0 Å². The molecule has 2 N–H and O–H groups in total. The van der Waals surface area contributed by atoms with Crippen molar-refractivity contribution in [1.29, 1.82) is 0 Å². The van der Waals surface area contributed by atoms with Crippen LogP contribution in [0.4, 0.5) is 0 Å². The lowest BCUT2D eigenvalue weighted by molar-refractivity contribution is 0.0918. The van der Waals surface area contributed by atoms with Crippen molar-refractivity contribution in [2.45, 2.75) is 32.7 Å². The highest BCUT2D eigenvalue weighted by atomic mass is 16.1. The summed E-state index contributed by atoms with van der Waals surface area (Å²) in [6.45, 7) is 7.52. The number of aromatic amines is 1. The lowest BCUT2D eigenvalue weighted by atomic mass is 9.97. The SMILES string of the molecule is CC(C)N1CCC[C@@H](CNC(=O)c2cc3ccccc3[nH]2)C1. The lowest BCUT2D eigenvalue weighted by Gasteiger charge is -2.35. The molecule has 0 bridgehead atoms. The van der Waals surface area contributed by atoms with Crippen LogP contribution in [0.15, 0.2) is 30.3 Å². The molecule has 1 saturated heterocycles. The van der Waals surface area contributed by atoms with Crippen LogP contribution in [0.1, 0.15) is 37.2 Å². The number of hydrogen-bond donors (Lipinski definition) is 2. The van der Waals surface area contributed by atoms with Gasteiger partial charge in [0, 0.05) is 30.0 Å². The number of hydrogen-bond acceptors (Lipinski definition) is 2. The third-order valence-corrected chi connectivity index (χ3v) is 4.61. The summed E-state index contributed by atoms with van der Waals surface area (Å²) in [7, 11) is 0. The number of nitrogens with one attached hydrogen (secondary N) is 2. The Morgan fingerprint density at radius 2 is 2.23 bits per heavy atom. The maximum atomic E-state index is 12.3. The van der Waals surface area contributed by atoms with Crippen LogP contribution in [-0.4, -0.2) is 41.5 Å². The Hall–Kier alpha value is -1.81. The van der Waals surface area contributed by atoms with E-state index in [1.54, 1.807) is 0 Å². The summed E-state index contributed by atoms with van der Waals surface area (Å²) < 4.78 is 0. The molecule has 1 aromatic heterocycles. The van der Waals surface area contributed by atoms with Crippen molar-refractivity contribution in [2.24, 2.45) is 5.92 Å². The van der Waals surface area contributed by atoms with Gasteiger partial charge in [0.05, 0.1) is 0 Å². The Bertz CT molecular complexity index is 614. The van der Waals surface area contributed by atoms with Crippen molar-refractivity contribution in [2.75, 3.05) is 19.6 Å². The van der Waals surface area contributed by atoms with Crippen LogP contribution in [0.2, 0.25) is 0 Å². The monoisotopic (exact) mass is 299 g/mol. The molecule has 0 spiro atoms. The molecule has 0 aliphatic carbocycles. The lowest BCUT2D eigenvalue weighted by Crippen LogP contribution is -2.43. The Kier molecular flexibility index (Phi) is 4.48. The van der Waals surface area contributed by atoms with Crippen molar-refractivity contribution in [3.8, 4) is 0 Å². The normalized spacial score (nSPS) is 19.7. The summed E-state index contributed by atoms with van der Waals surface area (Å²) >= 11 is 0. The molecule has 1 atom stereocenters. The number of rotatable bonds is 4. The van der Waals surface area contributed by atoms with Crippen LogP contribution in [0.5, 0.6) is 0 Å². The highest BCUT2D eigenvalue weighted by Crippen LogP contribution is 2.18. The van der Waals surface area contributed by atoms with Crippen LogP contribution in [-0.2, 0) is 0 Å². The van der Waals surface area contributed by atoms with Gasteiger partial charge in [0.2, 0.25) is 0 Å². The third kappa shape index (κ3) is 3.33. The molecule has 1 aromatic carbocycles. The van der Waals surface area contributed by atoms with Gasteiger partial charge < -0.3 is 15.2 Å². The zero-order valence-corrected chi connectivity index (χ0v) is 13.4. The number of likely N-dealkylation sites (tertiary alicyclic amines) is 1. The fourth-order valence-electron chi connectivity index (χ4n) is 3.26. The van der Waals surface area contributed by atoms with Crippen LogP contribution in [0, 0.1) is 5.92 Å². The van der Waals surface area contributed by atoms with E-state index in [0.29, 0.717) is 17.7 Å². The van der Waals surface area contributed by atoms with Crippen LogP contribution in [0.3, 0.4) is 0 Å². The number of fused-ring (bicyclic) bond motifs is 1. The number of carbonyl (C=O) groups is 1. The van der Waals surface area contributed by atoms with Crippen LogP contribution >= 0.6 is 0 Å². The summed E-state index contributed by atoms with van der Waals surface area (Å²) in [6.07, 6.45) is 2.43. The van der Waals surface area contributed by atoms with E-state index >= 15 is 0 Å². The van der Waals surface area contributed by atoms with Gasteiger partial charge in [-0.1, -0.05) is 18.2 Å². The van der Waals surface area contributed by atoms with Gasteiger partial charge in [-0.15, -0.1) is 0 Å². The zero-order valence-electron chi connectivity index (χ0n) is 13.4. The van der Waals surface area contributed by atoms with Gasteiger partial charge >= 0.3 is 0 Å². The van der Waals surface area contributed by atoms with Crippen molar-refractivity contribution < 1.29 is 4.79 Å². The molecule has 1 aliphatic heterocycles. The Morgan fingerprint density at radius 1 is 1.41 bits per heavy atom. The predicted octanol–water partition coefficient (Wildman–Crippen LogP) is 3.02. The summed E-state index contributed by atoms with van der Waals surface area (Å²) in [4.78, 5) is 18.0. The van der Waals surface area contributed by atoms with Gasteiger partial charge in [0.1, 0.15) is 5.69 Å². The molecule has 1 aliphatic rings. The molecule has 118 valence electrons. The largest absolute Gasteiger partial charge is 0.351 e. The van der Waals surface area contributed by atoms with E-state index in [-0.39, 0.29) is 5.91 Å². The number of aromatic nitrogens is 1. The first-order valence-corrected chi connectivity index (χ1v) is 8.23. The Balaban J connectivity index is 1.57. The van der Waals surface area contributed by atoms with Crippen molar-refractivity contribution >= 4 is 16.8 Å². The molecule has 2 aromatic rings. The van der Waals surface area contributed by atoms with Gasteiger partial charge in [0.25, 0.3) is 5.91 Å². The topological polar surface area (TPSA) is 48.1 Å². The molecule has 0 saturated carbocycles. The van der Waals surface area contributed by atoms with Gasteiger partial charge in [-0.3, -0.25) is 4.79 Å². The highest BCUT2D eigenvalue weighted by Gasteiger charge is 2.22. The van der Waals surface area contributed by atoms with Gasteiger partial charge in [0.15, 0.2) is 0 Å². The number of nitrogens with zero attached hydrogens (tertiary/aromatic N) is 1. The van der Waals surface area contributed by atoms with Crippen LogP contribution in [0.25, 0.3) is 10.9 Å². The summed E-state index contributed by atoms with van der Waals surface area (Å²) in [5, 5.41) is 4.17. The fourth-order valence-corrected chi connectivity index (χ4v) is 3.26. The molecule has 4 nitrogen and oxygen atoms in total. The predicted molar refractivity (Wildman–Crippen MR) is 90.1 cm³/mol. The number of para-hydroxylation sites is 1. The second kappa shape index (κ2) is 6.53. The minimum Gasteiger partial charge on any atom is -0.351 e. The second-order valence-corrected chi connectivity index (χ2v) is 6.58. The summed E-state index contributed by atoms with van der Waals surface area (Å²) in [6, 6.07) is 10.5. The minimum absolute atomic E-state index is 0.00197. The van der Waals surface area contributed by atoms with Crippen LogP contribution < -0.4 is 5.32 Å². The van der Waals surface area contributed by atoms with Gasteiger partial charge in [-0.25, -0.2) is 0 Å². The van der Waals surface area contributed by atoms with Crippen molar-refractivity contribution in [3.05, 3.63) is 36.0 Å². The van der Waals surface area contributed by atoms with E-state index in [9.17, 15) is 4.79 Å². The van der Waals surface area contributed by atoms with E-state index in [1.165, 1.54) is 19.4 Å². The quantitative estimate of drug-likeness (QED) is 0.911. The first-order chi connectivity index (χ1) is 10.6. The first-order valence-electron chi connectivity index (χ1n) is 8.23. The second-order valence-electron chi connectivity index (χ2n) is 6.58. The maximum Gasteiger partial charge on any atom is 0.267 e. The maximum absolute atomic E-state index is 12.3. The van der Waals surface area contributed by atoms with Crippen molar-refractivity contribution in [1.82, 2.24) is 15.2 Å². The molecule has 2 heterocycles. The number of carbonyl (C=O) groups excluding carboxylic acids is 1. The van der Waals surface area contributed by atoms with E-state index in [2.05, 4.69) is 29.0 Å². The molecule has 0 unspecified atom stereocenters. The van der Waals surface area contributed by atoms with Crippen molar-refractivity contribution in [3.63, 3.8) is 0 Å². The smallest absolute Gasteiger partial charge is 0.267 e. The molecule has 1 fully saturated rings. The number of benzene rings is 1. The number of H-pyrrole nitrogens is 1.